The minimum atomic E-state index is 0.421. The van der Waals surface area contributed by atoms with Crippen LogP contribution in [0.15, 0.2) is 18.6 Å². The quantitative estimate of drug-likeness (QED) is 0.781. The van der Waals surface area contributed by atoms with Crippen molar-refractivity contribution in [2.75, 3.05) is 11.9 Å². The summed E-state index contributed by atoms with van der Waals surface area (Å²) in [5.41, 5.74) is 1.39. The van der Waals surface area contributed by atoms with Crippen molar-refractivity contribution in [1.29, 1.82) is 0 Å². The summed E-state index contributed by atoms with van der Waals surface area (Å²) in [5.74, 6) is 0.877. The molecule has 0 saturated carbocycles. The van der Waals surface area contributed by atoms with Gasteiger partial charge in [0.15, 0.2) is 5.65 Å². The highest BCUT2D eigenvalue weighted by molar-refractivity contribution is 14.1. The molecule has 0 aliphatic carbocycles. The third-order valence-electron chi connectivity index (χ3n) is 4.10. The van der Waals surface area contributed by atoms with Gasteiger partial charge in [-0.25, -0.2) is 9.97 Å². The van der Waals surface area contributed by atoms with Gasteiger partial charge in [0.2, 0.25) is 5.95 Å². The number of hydrogen-bond acceptors (Lipinski definition) is 3. The number of hydrogen-bond donors (Lipinski definition) is 1. The lowest BCUT2D eigenvalue weighted by Gasteiger charge is -2.26. The molecule has 0 saturated heterocycles. The summed E-state index contributed by atoms with van der Waals surface area (Å²) in [7, 11) is 0. The number of nitrogens with zero attached hydrogens (tertiary/aromatic N) is 3. The summed E-state index contributed by atoms with van der Waals surface area (Å²) < 4.78 is 3.08. The largest absolute Gasteiger partial charge is 0.355 e. The Hall–Kier alpha value is -0.850. The topological polar surface area (TPSA) is 42.2 Å². The predicted molar refractivity (Wildman–Crippen MR) is 87.5 cm³/mol. The van der Waals surface area contributed by atoms with E-state index in [1.807, 2.05) is 23.0 Å². The average molecular weight is 372 g/mol. The van der Waals surface area contributed by atoms with Crippen LogP contribution < -0.4 is 5.32 Å². The molecule has 19 heavy (non-hydrogen) atoms. The van der Waals surface area contributed by atoms with Crippen molar-refractivity contribution in [3.63, 3.8) is 0 Å². The highest BCUT2D eigenvalue weighted by atomic mass is 127. The van der Waals surface area contributed by atoms with E-state index in [1.165, 1.54) is 12.8 Å². The molecule has 2 heterocycles. The summed E-state index contributed by atoms with van der Waals surface area (Å²) in [6.07, 6.45) is 9.21. The molecule has 0 aromatic carbocycles. The van der Waals surface area contributed by atoms with Crippen molar-refractivity contribution in [3.05, 3.63) is 22.2 Å². The highest BCUT2D eigenvalue weighted by Crippen LogP contribution is 2.29. The number of halogens is 1. The predicted octanol–water partition coefficient (Wildman–Crippen LogP) is 3.96. The van der Waals surface area contributed by atoms with E-state index in [-0.39, 0.29) is 0 Å². The van der Waals surface area contributed by atoms with Gasteiger partial charge in [0, 0.05) is 25.1 Å². The molecule has 0 atom stereocenters. The maximum atomic E-state index is 4.45. The van der Waals surface area contributed by atoms with Crippen molar-refractivity contribution < 1.29 is 0 Å². The zero-order valence-corrected chi connectivity index (χ0v) is 13.9. The van der Waals surface area contributed by atoms with Crippen molar-refractivity contribution in [2.24, 2.45) is 5.41 Å². The van der Waals surface area contributed by atoms with Crippen LogP contribution in [0, 0.1) is 8.99 Å². The van der Waals surface area contributed by atoms with Gasteiger partial charge in [0.05, 0.1) is 3.57 Å². The number of aromatic nitrogens is 3. The SMILES string of the molecule is CCC(C)(CC)CCNc1ncc(I)c2nccn12. The molecule has 5 heteroatoms. The van der Waals surface area contributed by atoms with Gasteiger partial charge in [-0.1, -0.05) is 33.6 Å². The second-order valence-electron chi connectivity index (χ2n) is 5.25. The van der Waals surface area contributed by atoms with E-state index >= 15 is 0 Å². The molecule has 0 unspecified atom stereocenters. The average Bonchev–Trinajstić information content (AvgIpc) is 2.91. The molecule has 104 valence electrons. The van der Waals surface area contributed by atoms with E-state index in [9.17, 15) is 0 Å². The van der Waals surface area contributed by atoms with Crippen molar-refractivity contribution in [3.8, 4) is 0 Å². The highest BCUT2D eigenvalue weighted by Gasteiger charge is 2.19. The van der Waals surface area contributed by atoms with Crippen molar-refractivity contribution in [2.45, 2.75) is 40.0 Å². The van der Waals surface area contributed by atoms with Crippen LogP contribution >= 0.6 is 22.6 Å². The molecule has 0 aliphatic heterocycles. The molecule has 2 rings (SSSR count). The van der Waals surface area contributed by atoms with Gasteiger partial charge in [-0.05, 0) is 34.4 Å². The minimum Gasteiger partial charge on any atom is -0.355 e. The molecule has 4 nitrogen and oxygen atoms in total. The van der Waals surface area contributed by atoms with Crippen molar-refractivity contribution in [1.82, 2.24) is 14.4 Å². The van der Waals surface area contributed by atoms with Crippen molar-refractivity contribution >= 4 is 34.2 Å². The van der Waals surface area contributed by atoms with E-state index < -0.39 is 0 Å². The summed E-state index contributed by atoms with van der Waals surface area (Å²) in [6, 6.07) is 0. The third-order valence-corrected chi connectivity index (χ3v) is 4.86. The molecule has 0 fully saturated rings. The van der Waals surface area contributed by atoms with Gasteiger partial charge in [0.25, 0.3) is 0 Å². The normalized spacial score (nSPS) is 12.0. The Kier molecular flexibility index (Phi) is 4.65. The van der Waals surface area contributed by atoms with E-state index in [0.29, 0.717) is 5.41 Å². The first-order valence-electron chi connectivity index (χ1n) is 6.81. The molecule has 0 aliphatic rings. The Morgan fingerprint density at radius 1 is 1.32 bits per heavy atom. The van der Waals surface area contributed by atoms with Crippen LogP contribution in [0.1, 0.15) is 40.0 Å². The smallest absolute Gasteiger partial charge is 0.208 e. The van der Waals surface area contributed by atoms with Gasteiger partial charge in [0.1, 0.15) is 0 Å². The zero-order chi connectivity index (χ0) is 13.9. The second-order valence-corrected chi connectivity index (χ2v) is 6.41. The Morgan fingerprint density at radius 3 is 2.74 bits per heavy atom. The molecule has 0 spiro atoms. The number of imidazole rings is 1. The Balaban J connectivity index is 2.06. The molecule has 0 amide bonds. The first-order chi connectivity index (χ1) is 9.09. The Bertz CT molecular complexity index is 545. The Labute approximate surface area is 128 Å². The molecule has 2 aromatic heterocycles. The fourth-order valence-electron chi connectivity index (χ4n) is 2.10. The van der Waals surface area contributed by atoms with Crippen LogP contribution in [0.4, 0.5) is 5.95 Å². The lowest BCUT2D eigenvalue weighted by atomic mass is 9.81. The summed E-state index contributed by atoms with van der Waals surface area (Å²) in [5, 5.41) is 3.43. The van der Waals surface area contributed by atoms with Gasteiger partial charge in [-0.15, -0.1) is 0 Å². The fraction of sp³-hybridized carbons (Fsp3) is 0.571. The fourth-order valence-corrected chi connectivity index (χ4v) is 2.64. The summed E-state index contributed by atoms with van der Waals surface area (Å²) in [6.45, 7) is 7.82. The van der Waals surface area contributed by atoms with E-state index in [0.717, 1.165) is 28.1 Å². The first kappa shape index (κ1) is 14.6. The van der Waals surface area contributed by atoms with E-state index in [2.05, 4.69) is 58.6 Å². The number of nitrogens with one attached hydrogen (secondary N) is 1. The minimum absolute atomic E-state index is 0.421. The van der Waals surface area contributed by atoms with Crippen LogP contribution in [-0.4, -0.2) is 20.9 Å². The zero-order valence-electron chi connectivity index (χ0n) is 11.8. The number of rotatable bonds is 6. The molecular formula is C14H21IN4. The Morgan fingerprint density at radius 2 is 2.05 bits per heavy atom. The summed E-state index contributed by atoms with van der Waals surface area (Å²) in [4.78, 5) is 8.80. The van der Waals surface area contributed by atoms with Gasteiger partial charge in [-0.3, -0.25) is 4.40 Å². The standard InChI is InChI=1S/C14H21IN4/c1-4-14(3,5-2)6-7-17-13-18-10-11(15)12-16-8-9-19(12)13/h8-10H,4-7H2,1-3H3,(H,17,18). The maximum absolute atomic E-state index is 4.45. The van der Waals surface area contributed by atoms with Gasteiger partial charge >= 0.3 is 0 Å². The van der Waals surface area contributed by atoms with Crippen LogP contribution in [0.5, 0.6) is 0 Å². The van der Waals surface area contributed by atoms with Crippen LogP contribution in [0.2, 0.25) is 0 Å². The van der Waals surface area contributed by atoms with Gasteiger partial charge in [-0.2, -0.15) is 0 Å². The van der Waals surface area contributed by atoms with E-state index in [1.54, 1.807) is 0 Å². The number of anilines is 1. The summed E-state index contributed by atoms with van der Waals surface area (Å²) >= 11 is 2.26. The molecule has 2 aromatic rings. The molecule has 0 bridgehead atoms. The van der Waals surface area contributed by atoms with Crippen LogP contribution in [0.25, 0.3) is 5.65 Å². The molecule has 1 N–H and O–H groups in total. The van der Waals surface area contributed by atoms with Crippen LogP contribution in [-0.2, 0) is 0 Å². The third kappa shape index (κ3) is 3.19. The molecular weight excluding hydrogens is 351 g/mol. The monoisotopic (exact) mass is 372 g/mol. The lowest BCUT2D eigenvalue weighted by molar-refractivity contribution is 0.281. The maximum Gasteiger partial charge on any atom is 0.208 e. The number of fused-ring (bicyclic) bond motifs is 1. The first-order valence-corrected chi connectivity index (χ1v) is 7.89. The van der Waals surface area contributed by atoms with Gasteiger partial charge < -0.3 is 5.32 Å². The lowest BCUT2D eigenvalue weighted by Crippen LogP contribution is -2.19. The van der Waals surface area contributed by atoms with E-state index in [4.69, 9.17) is 0 Å². The van der Waals surface area contributed by atoms with Crippen LogP contribution in [0.3, 0.4) is 0 Å². The second kappa shape index (κ2) is 6.07. The molecule has 0 radical (unpaired) electrons.